The molecule has 1 aliphatic carbocycles. The first-order valence-corrected chi connectivity index (χ1v) is 9.70. The molecule has 2 N–H and O–H groups in total. The number of nitrogens with one attached hydrogen (secondary N) is 2. The number of pyridine rings is 1. The SMILES string of the molecule is CC(C)c1cc(Nc2cc(Cl)ccc2Cl)ncc1CNCC1CCC1. The third-order valence-electron chi connectivity index (χ3n) is 4.81. The molecule has 25 heavy (non-hydrogen) atoms. The molecule has 0 spiro atoms. The lowest BCUT2D eigenvalue weighted by atomic mass is 9.85. The number of rotatable bonds is 7. The van der Waals surface area contributed by atoms with Crippen molar-refractivity contribution in [1.82, 2.24) is 10.3 Å². The third-order valence-corrected chi connectivity index (χ3v) is 5.37. The molecule has 0 aliphatic heterocycles. The highest BCUT2D eigenvalue weighted by Gasteiger charge is 2.17. The van der Waals surface area contributed by atoms with Gasteiger partial charge in [0.1, 0.15) is 5.82 Å². The van der Waals surface area contributed by atoms with Crippen molar-refractivity contribution >= 4 is 34.7 Å². The van der Waals surface area contributed by atoms with Crippen molar-refractivity contribution in [3.8, 4) is 0 Å². The molecule has 3 rings (SSSR count). The number of halogens is 2. The van der Waals surface area contributed by atoms with Gasteiger partial charge < -0.3 is 10.6 Å². The molecule has 1 aromatic heterocycles. The molecule has 5 heteroatoms. The van der Waals surface area contributed by atoms with Gasteiger partial charge in [0.2, 0.25) is 0 Å². The molecular formula is C20H25Cl2N3. The standard InChI is InChI=1S/C20H25Cl2N3/c1-13(2)17-9-20(25-19-8-16(21)6-7-18(19)22)24-12-15(17)11-23-10-14-4-3-5-14/h6-9,12-14,23H,3-5,10-11H2,1-2H3,(H,24,25). The molecule has 1 aliphatic rings. The Labute approximate surface area is 160 Å². The van der Waals surface area contributed by atoms with E-state index in [1.165, 1.54) is 30.4 Å². The van der Waals surface area contributed by atoms with Gasteiger partial charge in [-0.1, -0.05) is 43.5 Å². The predicted octanol–water partition coefficient (Wildman–Crippen LogP) is 6.15. The van der Waals surface area contributed by atoms with Gasteiger partial charge in [-0.25, -0.2) is 4.98 Å². The summed E-state index contributed by atoms with van der Waals surface area (Å²) in [5.74, 6) is 2.08. The molecule has 1 fully saturated rings. The number of aromatic nitrogens is 1. The highest BCUT2D eigenvalue weighted by Crippen LogP contribution is 2.30. The first-order chi connectivity index (χ1) is 12.0. The van der Waals surface area contributed by atoms with Gasteiger partial charge in [-0.2, -0.15) is 0 Å². The van der Waals surface area contributed by atoms with Gasteiger partial charge in [-0.15, -0.1) is 0 Å². The average Bonchev–Trinajstić information content (AvgIpc) is 2.54. The zero-order valence-corrected chi connectivity index (χ0v) is 16.3. The molecule has 3 nitrogen and oxygen atoms in total. The molecule has 1 heterocycles. The second kappa shape index (κ2) is 8.39. The quantitative estimate of drug-likeness (QED) is 0.607. The van der Waals surface area contributed by atoms with E-state index in [0.29, 0.717) is 16.0 Å². The lowest BCUT2D eigenvalue weighted by Gasteiger charge is -2.26. The zero-order valence-electron chi connectivity index (χ0n) is 14.8. The van der Waals surface area contributed by atoms with Crippen LogP contribution in [0.2, 0.25) is 10.0 Å². The Balaban J connectivity index is 1.72. The lowest BCUT2D eigenvalue weighted by Crippen LogP contribution is -2.27. The monoisotopic (exact) mass is 377 g/mol. The Morgan fingerprint density at radius 3 is 2.68 bits per heavy atom. The molecular weight excluding hydrogens is 353 g/mol. The summed E-state index contributed by atoms with van der Waals surface area (Å²) >= 11 is 12.3. The number of hydrogen-bond acceptors (Lipinski definition) is 3. The van der Waals surface area contributed by atoms with Gasteiger partial charge in [-0.05, 0) is 66.6 Å². The van der Waals surface area contributed by atoms with Crippen LogP contribution in [0.15, 0.2) is 30.5 Å². The molecule has 0 saturated heterocycles. The van der Waals surface area contributed by atoms with Crippen LogP contribution in [0.1, 0.15) is 50.2 Å². The van der Waals surface area contributed by atoms with Crippen molar-refractivity contribution in [3.05, 3.63) is 51.6 Å². The zero-order chi connectivity index (χ0) is 17.8. The Morgan fingerprint density at radius 2 is 2.00 bits per heavy atom. The summed E-state index contributed by atoms with van der Waals surface area (Å²) in [6.45, 7) is 6.40. The lowest BCUT2D eigenvalue weighted by molar-refractivity contribution is 0.301. The first kappa shape index (κ1) is 18.5. The maximum absolute atomic E-state index is 6.24. The largest absolute Gasteiger partial charge is 0.339 e. The Morgan fingerprint density at radius 1 is 1.20 bits per heavy atom. The minimum atomic E-state index is 0.430. The molecule has 0 unspecified atom stereocenters. The van der Waals surface area contributed by atoms with Crippen LogP contribution in [0, 0.1) is 5.92 Å². The van der Waals surface area contributed by atoms with E-state index < -0.39 is 0 Å². The minimum absolute atomic E-state index is 0.430. The fourth-order valence-corrected chi connectivity index (χ4v) is 3.43. The summed E-state index contributed by atoms with van der Waals surface area (Å²) in [5.41, 5.74) is 3.33. The van der Waals surface area contributed by atoms with E-state index in [0.717, 1.165) is 30.5 Å². The van der Waals surface area contributed by atoms with Crippen LogP contribution in [0.3, 0.4) is 0 Å². The van der Waals surface area contributed by atoms with Crippen molar-refractivity contribution in [1.29, 1.82) is 0 Å². The van der Waals surface area contributed by atoms with E-state index in [9.17, 15) is 0 Å². The van der Waals surface area contributed by atoms with Crippen molar-refractivity contribution < 1.29 is 0 Å². The second-order valence-corrected chi connectivity index (χ2v) is 7.94. The van der Waals surface area contributed by atoms with E-state index in [4.69, 9.17) is 23.2 Å². The van der Waals surface area contributed by atoms with Crippen molar-refractivity contribution in [2.24, 2.45) is 5.92 Å². The van der Waals surface area contributed by atoms with Gasteiger partial charge >= 0.3 is 0 Å². The predicted molar refractivity (Wildman–Crippen MR) is 107 cm³/mol. The fourth-order valence-electron chi connectivity index (χ4n) is 3.09. The number of anilines is 2. The molecule has 1 aromatic carbocycles. The number of nitrogens with zero attached hydrogens (tertiary/aromatic N) is 1. The summed E-state index contributed by atoms with van der Waals surface area (Å²) in [4.78, 5) is 4.57. The average molecular weight is 378 g/mol. The molecule has 0 bridgehead atoms. The molecule has 2 aromatic rings. The smallest absolute Gasteiger partial charge is 0.130 e. The number of benzene rings is 1. The summed E-state index contributed by atoms with van der Waals surface area (Å²) in [6, 6.07) is 7.49. The molecule has 0 amide bonds. The van der Waals surface area contributed by atoms with Gasteiger partial charge in [-0.3, -0.25) is 0 Å². The van der Waals surface area contributed by atoms with Crippen LogP contribution >= 0.6 is 23.2 Å². The van der Waals surface area contributed by atoms with E-state index in [2.05, 4.69) is 35.5 Å². The van der Waals surface area contributed by atoms with Crippen LogP contribution in [-0.2, 0) is 6.54 Å². The highest BCUT2D eigenvalue weighted by molar-refractivity contribution is 6.35. The topological polar surface area (TPSA) is 37.0 Å². The van der Waals surface area contributed by atoms with Crippen LogP contribution in [0.25, 0.3) is 0 Å². The van der Waals surface area contributed by atoms with Crippen molar-refractivity contribution in [2.75, 3.05) is 11.9 Å². The van der Waals surface area contributed by atoms with Crippen LogP contribution in [0.5, 0.6) is 0 Å². The minimum Gasteiger partial charge on any atom is -0.339 e. The van der Waals surface area contributed by atoms with Crippen LogP contribution in [-0.4, -0.2) is 11.5 Å². The number of hydrogen-bond donors (Lipinski definition) is 2. The normalized spacial score (nSPS) is 14.6. The summed E-state index contributed by atoms with van der Waals surface area (Å²) in [5, 5.41) is 8.14. The highest BCUT2D eigenvalue weighted by atomic mass is 35.5. The molecule has 0 atom stereocenters. The Hall–Kier alpha value is -1.29. The summed E-state index contributed by atoms with van der Waals surface area (Å²) in [6.07, 6.45) is 6.08. The third kappa shape index (κ3) is 4.87. The van der Waals surface area contributed by atoms with Crippen molar-refractivity contribution in [3.63, 3.8) is 0 Å². The van der Waals surface area contributed by atoms with E-state index in [1.54, 1.807) is 12.1 Å². The summed E-state index contributed by atoms with van der Waals surface area (Å²) in [7, 11) is 0. The van der Waals surface area contributed by atoms with E-state index in [-0.39, 0.29) is 0 Å². The summed E-state index contributed by atoms with van der Waals surface area (Å²) < 4.78 is 0. The van der Waals surface area contributed by atoms with E-state index in [1.807, 2.05) is 12.3 Å². The second-order valence-electron chi connectivity index (χ2n) is 7.10. The fraction of sp³-hybridized carbons (Fsp3) is 0.450. The van der Waals surface area contributed by atoms with Crippen LogP contribution < -0.4 is 10.6 Å². The first-order valence-electron chi connectivity index (χ1n) is 8.94. The molecule has 134 valence electrons. The van der Waals surface area contributed by atoms with Gasteiger partial charge in [0, 0.05) is 17.8 Å². The van der Waals surface area contributed by atoms with Crippen LogP contribution in [0.4, 0.5) is 11.5 Å². The Kier molecular flexibility index (Phi) is 6.21. The van der Waals surface area contributed by atoms with Gasteiger partial charge in [0.25, 0.3) is 0 Å². The Bertz CT molecular complexity index is 727. The molecule has 1 saturated carbocycles. The van der Waals surface area contributed by atoms with Gasteiger partial charge in [0.15, 0.2) is 0 Å². The van der Waals surface area contributed by atoms with E-state index >= 15 is 0 Å². The maximum atomic E-state index is 6.24. The van der Waals surface area contributed by atoms with Crippen molar-refractivity contribution in [2.45, 2.75) is 45.6 Å². The molecule has 0 radical (unpaired) electrons. The maximum Gasteiger partial charge on any atom is 0.130 e. The van der Waals surface area contributed by atoms with Gasteiger partial charge in [0.05, 0.1) is 10.7 Å².